The summed E-state index contributed by atoms with van der Waals surface area (Å²) in [5.41, 5.74) is 1.07. The third kappa shape index (κ3) is 4.76. The molecule has 0 spiro atoms. The van der Waals surface area contributed by atoms with Crippen molar-refractivity contribution in [2.45, 2.75) is 51.5 Å². The van der Waals surface area contributed by atoms with Crippen LogP contribution in [0.1, 0.15) is 46.1 Å². The Morgan fingerprint density at radius 1 is 1.22 bits per heavy atom. The molecule has 0 aliphatic heterocycles. The molecule has 0 aromatic carbocycles. The fourth-order valence-corrected chi connectivity index (χ4v) is 2.70. The van der Waals surface area contributed by atoms with Crippen molar-refractivity contribution >= 4 is 33.5 Å². The summed E-state index contributed by atoms with van der Waals surface area (Å²) in [5, 5.41) is 3.28. The molecular weight excluding hydrogens is 310 g/mol. The lowest BCUT2D eigenvalue weighted by Crippen LogP contribution is -2.11. The molecule has 0 unspecified atom stereocenters. The van der Waals surface area contributed by atoms with E-state index in [4.69, 9.17) is 0 Å². The van der Waals surface area contributed by atoms with E-state index in [1.165, 1.54) is 0 Å². The first kappa shape index (κ1) is 15.8. The van der Waals surface area contributed by atoms with E-state index in [9.17, 15) is 0 Å². The van der Waals surface area contributed by atoms with Gasteiger partial charge in [0.05, 0.1) is 15.9 Å². The average molecular weight is 332 g/mol. The molecular formula is C13H22BrN3S. The minimum Gasteiger partial charge on any atom is -0.369 e. The highest BCUT2D eigenvalue weighted by molar-refractivity contribution is 9.10. The van der Waals surface area contributed by atoms with Crippen LogP contribution in [0.2, 0.25) is 0 Å². The van der Waals surface area contributed by atoms with Crippen LogP contribution in [0.3, 0.4) is 0 Å². The van der Waals surface area contributed by atoms with E-state index >= 15 is 0 Å². The summed E-state index contributed by atoms with van der Waals surface area (Å²) in [7, 11) is 0. The van der Waals surface area contributed by atoms with Crippen LogP contribution in [0, 0.1) is 0 Å². The molecule has 3 nitrogen and oxygen atoms in total. The van der Waals surface area contributed by atoms with Crippen molar-refractivity contribution in [1.82, 2.24) is 9.97 Å². The standard InChI is InChI=1S/C13H22BrN3S/c1-6-9-11(14)12(15-7-2)17-10(16-9)8-18-13(3,4)5/h6-8H2,1-5H3,(H,15,16,17). The lowest BCUT2D eigenvalue weighted by Gasteiger charge is -2.17. The molecule has 0 radical (unpaired) electrons. The van der Waals surface area contributed by atoms with E-state index in [1.807, 2.05) is 11.8 Å². The Kier molecular flexibility index (Phi) is 5.92. The van der Waals surface area contributed by atoms with Crippen molar-refractivity contribution < 1.29 is 0 Å². The van der Waals surface area contributed by atoms with Crippen molar-refractivity contribution in [3.05, 3.63) is 16.0 Å². The average Bonchev–Trinajstić information content (AvgIpc) is 2.29. The van der Waals surface area contributed by atoms with Crippen LogP contribution in [0.15, 0.2) is 4.47 Å². The Hall–Kier alpha value is -0.290. The lowest BCUT2D eigenvalue weighted by molar-refractivity contribution is 0.799. The van der Waals surface area contributed by atoms with Crippen LogP contribution in [-0.4, -0.2) is 21.3 Å². The fourth-order valence-electron chi connectivity index (χ4n) is 1.41. The monoisotopic (exact) mass is 331 g/mol. The van der Waals surface area contributed by atoms with Crippen LogP contribution < -0.4 is 5.32 Å². The SMILES string of the molecule is CCNc1nc(CSC(C)(C)C)nc(CC)c1Br. The third-order valence-corrected chi connectivity index (χ3v) is 4.38. The third-order valence-electron chi connectivity index (χ3n) is 2.28. The van der Waals surface area contributed by atoms with Gasteiger partial charge in [0, 0.05) is 11.3 Å². The van der Waals surface area contributed by atoms with Gasteiger partial charge in [0.1, 0.15) is 11.6 Å². The summed E-state index contributed by atoms with van der Waals surface area (Å²) in [6.45, 7) is 11.7. The van der Waals surface area contributed by atoms with E-state index < -0.39 is 0 Å². The van der Waals surface area contributed by atoms with Gasteiger partial charge < -0.3 is 5.32 Å². The number of thioether (sulfide) groups is 1. The van der Waals surface area contributed by atoms with Gasteiger partial charge in [-0.3, -0.25) is 0 Å². The van der Waals surface area contributed by atoms with E-state index in [0.717, 1.165) is 40.5 Å². The molecule has 1 N–H and O–H groups in total. The summed E-state index contributed by atoms with van der Waals surface area (Å²) in [6, 6.07) is 0. The first-order chi connectivity index (χ1) is 8.37. The molecule has 0 amide bonds. The summed E-state index contributed by atoms with van der Waals surface area (Å²) < 4.78 is 1.23. The molecule has 0 bridgehead atoms. The molecule has 0 fully saturated rings. The number of anilines is 1. The van der Waals surface area contributed by atoms with Gasteiger partial charge in [-0.15, -0.1) is 11.8 Å². The predicted octanol–water partition coefficient (Wildman–Crippen LogP) is 4.27. The smallest absolute Gasteiger partial charge is 0.144 e. The molecule has 0 atom stereocenters. The van der Waals surface area contributed by atoms with Gasteiger partial charge in [0.2, 0.25) is 0 Å². The summed E-state index contributed by atoms with van der Waals surface area (Å²) >= 11 is 5.44. The summed E-state index contributed by atoms with van der Waals surface area (Å²) in [6.07, 6.45) is 0.911. The highest BCUT2D eigenvalue weighted by Crippen LogP contribution is 2.29. The van der Waals surface area contributed by atoms with Gasteiger partial charge in [-0.1, -0.05) is 27.7 Å². The zero-order valence-corrected chi connectivity index (χ0v) is 14.2. The van der Waals surface area contributed by atoms with E-state index in [2.05, 4.69) is 65.8 Å². The second-order valence-electron chi connectivity index (χ2n) is 5.03. The minimum atomic E-state index is 0.237. The van der Waals surface area contributed by atoms with Gasteiger partial charge in [-0.05, 0) is 29.3 Å². The van der Waals surface area contributed by atoms with Gasteiger partial charge in [-0.2, -0.15) is 0 Å². The highest BCUT2D eigenvalue weighted by Gasteiger charge is 2.14. The molecule has 0 aliphatic carbocycles. The number of aryl methyl sites for hydroxylation is 1. The molecule has 0 saturated carbocycles. The summed E-state index contributed by atoms with van der Waals surface area (Å²) in [4.78, 5) is 9.20. The Morgan fingerprint density at radius 3 is 2.39 bits per heavy atom. The maximum Gasteiger partial charge on any atom is 0.144 e. The van der Waals surface area contributed by atoms with Crippen molar-refractivity contribution in [2.24, 2.45) is 0 Å². The Labute approximate surface area is 123 Å². The number of nitrogens with zero attached hydrogens (tertiary/aromatic N) is 2. The molecule has 0 saturated heterocycles. The minimum absolute atomic E-state index is 0.237. The Morgan fingerprint density at radius 2 is 1.89 bits per heavy atom. The molecule has 1 heterocycles. The largest absolute Gasteiger partial charge is 0.369 e. The first-order valence-corrected chi connectivity index (χ1v) is 8.08. The van der Waals surface area contributed by atoms with Gasteiger partial charge in [-0.25, -0.2) is 9.97 Å². The molecule has 18 heavy (non-hydrogen) atoms. The molecule has 102 valence electrons. The molecule has 0 aliphatic rings. The maximum atomic E-state index is 4.62. The number of aromatic nitrogens is 2. The van der Waals surface area contributed by atoms with Crippen molar-refractivity contribution in [2.75, 3.05) is 11.9 Å². The lowest BCUT2D eigenvalue weighted by atomic mass is 10.3. The van der Waals surface area contributed by atoms with Crippen LogP contribution in [0.4, 0.5) is 5.82 Å². The van der Waals surface area contributed by atoms with Crippen molar-refractivity contribution in [1.29, 1.82) is 0 Å². The molecule has 1 aromatic heterocycles. The van der Waals surface area contributed by atoms with Gasteiger partial charge in [0.15, 0.2) is 0 Å². The van der Waals surface area contributed by atoms with Crippen LogP contribution >= 0.6 is 27.7 Å². The van der Waals surface area contributed by atoms with Crippen LogP contribution in [0.25, 0.3) is 0 Å². The van der Waals surface area contributed by atoms with Crippen LogP contribution in [0.5, 0.6) is 0 Å². The Bertz CT molecular complexity index is 402. The topological polar surface area (TPSA) is 37.8 Å². The zero-order chi connectivity index (χ0) is 13.8. The number of hydrogen-bond donors (Lipinski definition) is 1. The van der Waals surface area contributed by atoms with E-state index in [0.29, 0.717) is 0 Å². The van der Waals surface area contributed by atoms with Gasteiger partial charge >= 0.3 is 0 Å². The van der Waals surface area contributed by atoms with E-state index in [-0.39, 0.29) is 4.75 Å². The molecule has 1 aromatic rings. The fraction of sp³-hybridized carbons (Fsp3) is 0.692. The molecule has 5 heteroatoms. The van der Waals surface area contributed by atoms with E-state index in [1.54, 1.807) is 0 Å². The second kappa shape index (κ2) is 6.75. The number of rotatable bonds is 5. The summed E-state index contributed by atoms with van der Waals surface area (Å²) in [5.74, 6) is 2.67. The second-order valence-corrected chi connectivity index (χ2v) is 7.63. The molecule has 1 rings (SSSR count). The number of halogens is 1. The normalized spacial score (nSPS) is 11.7. The maximum absolute atomic E-state index is 4.62. The van der Waals surface area contributed by atoms with Gasteiger partial charge in [0.25, 0.3) is 0 Å². The first-order valence-electron chi connectivity index (χ1n) is 6.30. The number of hydrogen-bond acceptors (Lipinski definition) is 4. The zero-order valence-electron chi connectivity index (χ0n) is 11.8. The number of nitrogens with one attached hydrogen (secondary N) is 1. The quantitative estimate of drug-likeness (QED) is 0.874. The Balaban J connectivity index is 2.95. The van der Waals surface area contributed by atoms with Crippen molar-refractivity contribution in [3.8, 4) is 0 Å². The predicted molar refractivity (Wildman–Crippen MR) is 84.3 cm³/mol. The van der Waals surface area contributed by atoms with Crippen LogP contribution in [-0.2, 0) is 12.2 Å². The van der Waals surface area contributed by atoms with Crippen molar-refractivity contribution in [3.63, 3.8) is 0 Å². The highest BCUT2D eigenvalue weighted by atomic mass is 79.9.